The van der Waals surface area contributed by atoms with Gasteiger partial charge in [0.15, 0.2) is 6.10 Å². The Bertz CT molecular complexity index is 498. The molecule has 1 atom stereocenters. The number of rotatable bonds is 5. The highest BCUT2D eigenvalue weighted by molar-refractivity contribution is 6.30. The molecule has 0 aliphatic heterocycles. The largest absolute Gasteiger partial charge is 0.379 e. The number of tetrazole rings is 1. The molecule has 0 spiro atoms. The highest BCUT2D eigenvalue weighted by Gasteiger charge is 2.14. The lowest BCUT2D eigenvalue weighted by Crippen LogP contribution is -2.83. The molecule has 0 bridgehead atoms. The average molecular weight is 269 g/mol. The topological polar surface area (TPSA) is 80.4 Å². The summed E-state index contributed by atoms with van der Waals surface area (Å²) in [5, 5.41) is 23.9. The Kier molecular flexibility index (Phi) is 4.24. The summed E-state index contributed by atoms with van der Waals surface area (Å²) in [5.41, 5.74) is 1.15. The number of nitrogens with two attached hydrogens (primary N) is 1. The van der Waals surface area contributed by atoms with Gasteiger partial charge in [0.1, 0.15) is 13.1 Å². The van der Waals surface area contributed by atoms with Crippen molar-refractivity contribution in [2.75, 3.05) is 6.54 Å². The normalized spacial score (nSPS) is 12.6. The molecule has 0 amide bonds. The van der Waals surface area contributed by atoms with Crippen molar-refractivity contribution in [1.29, 1.82) is 0 Å². The zero-order valence-corrected chi connectivity index (χ0v) is 10.7. The molecule has 1 aromatic heterocycles. The van der Waals surface area contributed by atoms with Crippen LogP contribution in [0.4, 0.5) is 0 Å². The Labute approximate surface area is 110 Å². The molecule has 0 saturated heterocycles. The smallest absolute Gasteiger partial charge is 0.208 e. The van der Waals surface area contributed by atoms with Crippen molar-refractivity contribution in [3.8, 4) is 0 Å². The van der Waals surface area contributed by atoms with Crippen molar-refractivity contribution in [3.63, 3.8) is 0 Å². The number of aromatic nitrogens is 4. The molecule has 2 rings (SSSR count). The van der Waals surface area contributed by atoms with Crippen molar-refractivity contribution in [2.24, 2.45) is 7.05 Å². The second kappa shape index (κ2) is 5.90. The quantitative estimate of drug-likeness (QED) is 0.778. The monoisotopic (exact) mass is 268 g/mol. The minimum Gasteiger partial charge on any atom is -0.379 e. The van der Waals surface area contributed by atoms with Gasteiger partial charge >= 0.3 is 0 Å². The number of halogens is 1. The third kappa shape index (κ3) is 3.49. The molecule has 96 valence electrons. The summed E-state index contributed by atoms with van der Waals surface area (Å²) in [6, 6.07) is 7.63. The van der Waals surface area contributed by atoms with Gasteiger partial charge < -0.3 is 10.4 Å². The molecule has 6 nitrogen and oxygen atoms in total. The predicted octanol–water partition coefficient (Wildman–Crippen LogP) is -0.340. The van der Waals surface area contributed by atoms with Gasteiger partial charge in [0.2, 0.25) is 5.82 Å². The van der Waals surface area contributed by atoms with Gasteiger partial charge in [0, 0.05) is 10.6 Å². The van der Waals surface area contributed by atoms with E-state index in [4.69, 9.17) is 11.6 Å². The molecular formula is C11H15ClN5O+. The van der Waals surface area contributed by atoms with Crippen LogP contribution in [-0.4, -0.2) is 31.9 Å². The average Bonchev–Trinajstić information content (AvgIpc) is 2.78. The summed E-state index contributed by atoms with van der Waals surface area (Å²) in [6.07, 6.45) is -0.703. The standard InChI is InChI=1S/C11H14ClN5O/c1-17-15-11(14-16-17)10(18)7-13-6-8-2-4-9(12)5-3-8/h2-5,10,13,18H,6-7H2,1H3/p+1/t10-/m0/s1. The minimum absolute atomic E-state index is 0.352. The fourth-order valence-electron chi connectivity index (χ4n) is 1.57. The van der Waals surface area contributed by atoms with Crippen LogP contribution < -0.4 is 5.32 Å². The van der Waals surface area contributed by atoms with Crippen molar-refractivity contribution < 1.29 is 10.4 Å². The Morgan fingerprint density at radius 2 is 2.11 bits per heavy atom. The fourth-order valence-corrected chi connectivity index (χ4v) is 1.69. The molecule has 3 N–H and O–H groups in total. The first-order chi connectivity index (χ1) is 8.65. The van der Waals surface area contributed by atoms with Gasteiger partial charge in [0.25, 0.3) is 0 Å². The molecule has 0 saturated carbocycles. The van der Waals surface area contributed by atoms with Crippen LogP contribution >= 0.6 is 11.6 Å². The van der Waals surface area contributed by atoms with Crippen molar-refractivity contribution >= 4 is 11.6 Å². The maximum atomic E-state index is 9.83. The highest BCUT2D eigenvalue weighted by Crippen LogP contribution is 2.08. The molecular weight excluding hydrogens is 254 g/mol. The molecule has 0 fully saturated rings. The third-order valence-corrected chi connectivity index (χ3v) is 2.76. The zero-order chi connectivity index (χ0) is 13.0. The SMILES string of the molecule is Cn1nnc([C@@H](O)C[NH2+]Cc2ccc(Cl)cc2)n1. The van der Waals surface area contributed by atoms with E-state index in [9.17, 15) is 5.11 Å². The van der Waals surface area contributed by atoms with E-state index >= 15 is 0 Å². The number of aliphatic hydroxyl groups is 1. The van der Waals surface area contributed by atoms with Crippen molar-refractivity contribution in [3.05, 3.63) is 40.7 Å². The van der Waals surface area contributed by atoms with Gasteiger partial charge in [-0.05, 0) is 17.3 Å². The summed E-state index contributed by atoms with van der Waals surface area (Å²) >= 11 is 5.80. The maximum absolute atomic E-state index is 9.83. The van der Waals surface area contributed by atoms with Gasteiger partial charge in [-0.1, -0.05) is 23.7 Å². The predicted molar refractivity (Wildman–Crippen MR) is 65.7 cm³/mol. The van der Waals surface area contributed by atoms with Crippen LogP contribution in [0.25, 0.3) is 0 Å². The highest BCUT2D eigenvalue weighted by atomic mass is 35.5. The van der Waals surface area contributed by atoms with E-state index in [1.807, 2.05) is 29.6 Å². The molecule has 0 radical (unpaired) electrons. The molecule has 0 aliphatic rings. The van der Waals surface area contributed by atoms with Crippen LogP contribution in [0.5, 0.6) is 0 Å². The number of nitrogens with zero attached hydrogens (tertiary/aromatic N) is 4. The Balaban J connectivity index is 1.80. The minimum atomic E-state index is -0.703. The third-order valence-electron chi connectivity index (χ3n) is 2.51. The van der Waals surface area contributed by atoms with Crippen LogP contribution in [0.2, 0.25) is 5.02 Å². The van der Waals surface area contributed by atoms with Crippen LogP contribution in [0, 0.1) is 0 Å². The number of aryl methyl sites for hydroxylation is 1. The van der Waals surface area contributed by atoms with Crippen LogP contribution in [0.15, 0.2) is 24.3 Å². The first-order valence-corrected chi connectivity index (χ1v) is 6.01. The summed E-state index contributed by atoms with van der Waals surface area (Å²) < 4.78 is 0. The molecule has 1 aromatic carbocycles. The fraction of sp³-hybridized carbons (Fsp3) is 0.364. The van der Waals surface area contributed by atoms with E-state index in [1.54, 1.807) is 7.05 Å². The lowest BCUT2D eigenvalue weighted by Gasteiger charge is -2.05. The lowest BCUT2D eigenvalue weighted by atomic mass is 10.2. The molecule has 2 aromatic rings. The Hall–Kier alpha value is -1.50. The van der Waals surface area contributed by atoms with Crippen molar-refractivity contribution in [1.82, 2.24) is 20.2 Å². The lowest BCUT2D eigenvalue weighted by molar-refractivity contribution is -0.677. The molecule has 0 unspecified atom stereocenters. The Morgan fingerprint density at radius 3 is 2.72 bits per heavy atom. The first-order valence-electron chi connectivity index (χ1n) is 5.63. The van der Waals surface area contributed by atoms with E-state index in [-0.39, 0.29) is 0 Å². The van der Waals surface area contributed by atoms with E-state index in [0.717, 1.165) is 17.1 Å². The summed E-state index contributed by atoms with van der Waals surface area (Å²) in [7, 11) is 1.67. The van der Waals surface area contributed by atoms with Gasteiger partial charge in [-0.2, -0.15) is 4.80 Å². The van der Waals surface area contributed by atoms with Gasteiger partial charge in [0.05, 0.1) is 7.05 Å². The number of hydrogen-bond donors (Lipinski definition) is 2. The zero-order valence-electron chi connectivity index (χ0n) is 9.99. The molecule has 1 heterocycles. The van der Waals surface area contributed by atoms with Crippen LogP contribution in [0.1, 0.15) is 17.5 Å². The summed E-state index contributed by atoms with van der Waals surface area (Å²) in [4.78, 5) is 1.33. The van der Waals surface area contributed by atoms with Crippen molar-refractivity contribution in [2.45, 2.75) is 12.6 Å². The van der Waals surface area contributed by atoms with E-state index in [0.29, 0.717) is 12.4 Å². The summed E-state index contributed by atoms with van der Waals surface area (Å²) in [6.45, 7) is 1.27. The number of aliphatic hydroxyl groups excluding tert-OH is 1. The second-order valence-electron chi connectivity index (χ2n) is 4.01. The van der Waals surface area contributed by atoms with Gasteiger partial charge in [-0.3, -0.25) is 0 Å². The first kappa shape index (κ1) is 12.9. The maximum Gasteiger partial charge on any atom is 0.208 e. The van der Waals surface area contributed by atoms with E-state index in [1.165, 1.54) is 4.80 Å². The van der Waals surface area contributed by atoms with E-state index in [2.05, 4.69) is 15.4 Å². The molecule has 0 aliphatic carbocycles. The summed E-state index contributed by atoms with van der Waals surface area (Å²) in [5.74, 6) is 0.352. The second-order valence-corrected chi connectivity index (χ2v) is 4.44. The van der Waals surface area contributed by atoms with Gasteiger partial charge in [-0.25, -0.2) is 0 Å². The number of benzene rings is 1. The number of hydrogen-bond acceptors (Lipinski definition) is 4. The number of quaternary nitrogens is 1. The van der Waals surface area contributed by atoms with Crippen LogP contribution in [0.3, 0.4) is 0 Å². The van der Waals surface area contributed by atoms with Gasteiger partial charge in [-0.15, -0.1) is 10.2 Å². The van der Waals surface area contributed by atoms with E-state index < -0.39 is 6.10 Å². The van der Waals surface area contributed by atoms with Crippen LogP contribution in [-0.2, 0) is 13.6 Å². The Morgan fingerprint density at radius 1 is 1.39 bits per heavy atom. The molecule has 18 heavy (non-hydrogen) atoms. The molecule has 7 heteroatoms.